The summed E-state index contributed by atoms with van der Waals surface area (Å²) >= 11 is 7.71. The van der Waals surface area contributed by atoms with Gasteiger partial charge in [-0.15, -0.1) is 45.3 Å². The molecule has 0 nitrogen and oxygen atoms in total. The fourth-order valence-corrected chi connectivity index (χ4v) is 14.7. The van der Waals surface area contributed by atoms with Gasteiger partial charge in [0.1, 0.15) is 0 Å². The van der Waals surface area contributed by atoms with Gasteiger partial charge in [-0.2, -0.15) is 0 Å². The van der Waals surface area contributed by atoms with Gasteiger partial charge in [-0.3, -0.25) is 0 Å². The Morgan fingerprint density at radius 3 is 1.44 bits per heavy atom. The van der Waals surface area contributed by atoms with Gasteiger partial charge in [0.2, 0.25) is 0 Å². The van der Waals surface area contributed by atoms with Crippen molar-refractivity contribution in [2.75, 3.05) is 6.16 Å². The summed E-state index contributed by atoms with van der Waals surface area (Å²) in [6, 6.07) is 18.2. The van der Waals surface area contributed by atoms with Gasteiger partial charge < -0.3 is 0 Å². The maximum atomic E-state index is 2.47. The smallest absolute Gasteiger partial charge is 0.0334 e. The summed E-state index contributed by atoms with van der Waals surface area (Å²) in [4.78, 5) is 0. The highest BCUT2D eigenvalue weighted by Gasteiger charge is 2.27. The molecule has 4 aromatic heterocycles. The Morgan fingerprint density at radius 1 is 0.680 bits per heavy atom. The molecule has 1 atom stereocenters. The van der Waals surface area contributed by atoms with E-state index in [1.165, 1.54) is 6.16 Å². The zero-order chi connectivity index (χ0) is 17.1. The summed E-state index contributed by atoms with van der Waals surface area (Å²) in [7, 11) is -0.498. The number of rotatable bonds is 7. The van der Waals surface area contributed by atoms with Crippen molar-refractivity contribution in [3.8, 4) is 0 Å². The Kier molecular flexibility index (Phi) is 6.18. The van der Waals surface area contributed by atoms with Crippen LogP contribution in [0, 0.1) is 0 Å². The third-order valence-corrected chi connectivity index (χ3v) is 15.2. The second-order valence-corrected chi connectivity index (χ2v) is 15.4. The molecule has 0 fully saturated rings. The zero-order valence-corrected chi connectivity index (χ0v) is 18.8. The van der Waals surface area contributed by atoms with E-state index >= 15 is 0 Å². The highest BCUT2D eigenvalue weighted by Crippen LogP contribution is 2.48. The van der Waals surface area contributed by atoms with E-state index in [1.807, 2.05) is 45.3 Å². The summed E-state index contributed by atoms with van der Waals surface area (Å²) in [5.74, 6) is 0. The third kappa shape index (κ3) is 4.16. The molecule has 4 rings (SSSR count). The van der Waals surface area contributed by atoms with Gasteiger partial charge in [0.25, 0.3) is 0 Å². The van der Waals surface area contributed by atoms with E-state index < -0.39 is 0 Å². The predicted molar refractivity (Wildman–Crippen MR) is 124 cm³/mol. The number of thiophene rings is 4. The molecule has 4 aromatic rings. The second kappa shape index (κ2) is 8.57. The van der Waals surface area contributed by atoms with Crippen molar-refractivity contribution in [1.82, 2.24) is 0 Å². The number of hydrogen-bond donors (Lipinski definition) is 0. The molecule has 0 radical (unpaired) electrons. The van der Waals surface area contributed by atoms with E-state index in [2.05, 4.69) is 77.0 Å². The highest BCUT2D eigenvalue weighted by atomic mass is 32.1. The molecule has 0 aliphatic heterocycles. The first-order chi connectivity index (χ1) is 12.3. The lowest BCUT2D eigenvalue weighted by Gasteiger charge is -2.26. The molecule has 0 saturated heterocycles. The van der Waals surface area contributed by atoms with Crippen LogP contribution in [0.5, 0.6) is 0 Å². The van der Waals surface area contributed by atoms with Gasteiger partial charge >= 0.3 is 0 Å². The molecule has 0 N–H and O–H groups in total. The first kappa shape index (κ1) is 18.0. The zero-order valence-electron chi connectivity index (χ0n) is 13.7. The predicted octanol–water partition coefficient (Wildman–Crippen LogP) is 5.89. The Morgan fingerprint density at radius 2 is 1.08 bits per heavy atom. The average molecular weight is 437 g/mol. The SMILES string of the molecule is CC(CP(c1cccs1)c1cccs1)P(c1cccs1)c1cccs1. The standard InChI is InChI=1S/C19H18P2S4/c1-15(21(18-8-4-12-24-18)19-9-5-13-25-19)14-20(16-6-2-10-22-16)17-7-3-11-23-17/h2-13,15H,14H2,1H3. The van der Waals surface area contributed by atoms with Crippen molar-refractivity contribution in [3.63, 3.8) is 0 Å². The minimum atomic E-state index is -0.260. The molecular formula is C19H18P2S4. The van der Waals surface area contributed by atoms with E-state index in [0.717, 1.165) is 0 Å². The lowest BCUT2D eigenvalue weighted by Crippen LogP contribution is -2.22. The van der Waals surface area contributed by atoms with Crippen LogP contribution < -0.4 is 18.5 Å². The first-order valence-electron chi connectivity index (χ1n) is 8.04. The Hall–Kier alpha value is -0.340. The maximum Gasteiger partial charge on any atom is 0.0334 e. The molecule has 25 heavy (non-hydrogen) atoms. The minimum absolute atomic E-state index is 0.238. The van der Waals surface area contributed by atoms with Crippen molar-refractivity contribution in [2.24, 2.45) is 0 Å². The molecule has 6 heteroatoms. The molecule has 0 aliphatic rings. The quantitative estimate of drug-likeness (QED) is 0.317. The van der Waals surface area contributed by atoms with Gasteiger partial charge in [-0.25, -0.2) is 0 Å². The normalized spacial score (nSPS) is 12.9. The Balaban J connectivity index is 1.64. The molecule has 0 aromatic carbocycles. The topological polar surface area (TPSA) is 0 Å². The second-order valence-electron chi connectivity index (χ2n) is 5.63. The monoisotopic (exact) mass is 436 g/mol. The lowest BCUT2D eigenvalue weighted by atomic mass is 10.6. The van der Waals surface area contributed by atoms with Gasteiger partial charge in [0.05, 0.1) is 0 Å². The van der Waals surface area contributed by atoms with E-state index in [4.69, 9.17) is 0 Å². The van der Waals surface area contributed by atoms with Crippen molar-refractivity contribution >= 4 is 79.7 Å². The van der Waals surface area contributed by atoms with Crippen LogP contribution in [0.3, 0.4) is 0 Å². The van der Waals surface area contributed by atoms with Crippen LogP contribution in [-0.4, -0.2) is 11.8 Å². The highest BCUT2D eigenvalue weighted by molar-refractivity contribution is 7.85. The van der Waals surface area contributed by atoms with Crippen LogP contribution in [0.2, 0.25) is 0 Å². The average Bonchev–Trinajstić information content (AvgIpc) is 3.43. The summed E-state index contributed by atoms with van der Waals surface area (Å²) in [6.07, 6.45) is 1.28. The van der Waals surface area contributed by atoms with Crippen LogP contribution in [0.1, 0.15) is 6.92 Å². The van der Waals surface area contributed by atoms with Gasteiger partial charge in [-0.05, 0) is 73.4 Å². The summed E-state index contributed by atoms with van der Waals surface area (Å²) in [5, 5.41) is 8.91. The number of hydrogen-bond acceptors (Lipinski definition) is 4. The van der Waals surface area contributed by atoms with Crippen LogP contribution >= 0.6 is 61.2 Å². The van der Waals surface area contributed by atoms with Crippen molar-refractivity contribution in [2.45, 2.75) is 12.6 Å². The largest absolute Gasteiger partial charge is 0.144 e. The summed E-state index contributed by atoms with van der Waals surface area (Å²) < 4.78 is 6.27. The third-order valence-electron chi connectivity index (χ3n) is 3.92. The van der Waals surface area contributed by atoms with Gasteiger partial charge in [0, 0.05) is 18.5 Å². The minimum Gasteiger partial charge on any atom is -0.144 e. The first-order valence-corrected chi connectivity index (χ1v) is 14.5. The van der Waals surface area contributed by atoms with E-state index in [0.29, 0.717) is 5.66 Å². The molecule has 128 valence electrons. The molecule has 4 heterocycles. The molecule has 0 spiro atoms. The molecule has 1 unspecified atom stereocenters. The molecule has 0 amide bonds. The van der Waals surface area contributed by atoms with Gasteiger partial charge in [-0.1, -0.05) is 31.2 Å². The van der Waals surface area contributed by atoms with Crippen molar-refractivity contribution in [3.05, 3.63) is 70.1 Å². The fourth-order valence-electron chi connectivity index (χ4n) is 2.84. The lowest BCUT2D eigenvalue weighted by molar-refractivity contribution is 1.12. The van der Waals surface area contributed by atoms with Crippen LogP contribution in [0.25, 0.3) is 0 Å². The maximum absolute atomic E-state index is 2.47. The van der Waals surface area contributed by atoms with E-state index in [9.17, 15) is 0 Å². The van der Waals surface area contributed by atoms with Crippen molar-refractivity contribution < 1.29 is 0 Å². The molecule has 0 bridgehead atoms. The van der Waals surface area contributed by atoms with E-state index in [-0.39, 0.29) is 15.8 Å². The Bertz CT molecular complexity index is 780. The summed E-state index contributed by atoms with van der Waals surface area (Å²) in [5.41, 5.74) is 0.683. The molecule has 0 saturated carbocycles. The summed E-state index contributed by atoms with van der Waals surface area (Å²) in [6.45, 7) is 2.47. The van der Waals surface area contributed by atoms with Crippen LogP contribution in [0.15, 0.2) is 70.1 Å². The molecule has 0 aliphatic carbocycles. The fraction of sp³-hybridized carbons (Fsp3) is 0.158. The van der Waals surface area contributed by atoms with Crippen LogP contribution in [0.4, 0.5) is 0 Å². The van der Waals surface area contributed by atoms with E-state index in [1.54, 1.807) is 18.5 Å². The van der Waals surface area contributed by atoms with Crippen molar-refractivity contribution in [1.29, 1.82) is 0 Å². The molecular weight excluding hydrogens is 418 g/mol. The van der Waals surface area contributed by atoms with Crippen LogP contribution in [-0.2, 0) is 0 Å². The van der Waals surface area contributed by atoms with Gasteiger partial charge in [0.15, 0.2) is 0 Å². The Labute approximate surface area is 167 Å².